The Bertz CT molecular complexity index is 1050. The summed E-state index contributed by atoms with van der Waals surface area (Å²) in [7, 11) is 0. The highest BCUT2D eigenvalue weighted by atomic mass is 32.2. The molecule has 31 heavy (non-hydrogen) atoms. The predicted octanol–water partition coefficient (Wildman–Crippen LogP) is 3.65. The quantitative estimate of drug-likeness (QED) is 0.539. The maximum Gasteiger partial charge on any atom is 0.272 e. The maximum absolute atomic E-state index is 13.3. The van der Waals surface area contributed by atoms with Crippen molar-refractivity contribution in [3.63, 3.8) is 0 Å². The van der Waals surface area contributed by atoms with E-state index in [2.05, 4.69) is 10.3 Å². The summed E-state index contributed by atoms with van der Waals surface area (Å²) in [4.78, 5) is 31.3. The van der Waals surface area contributed by atoms with E-state index in [1.807, 2.05) is 6.26 Å². The largest absolute Gasteiger partial charge is 0.350 e. The Labute approximate surface area is 183 Å². The third-order valence-corrected chi connectivity index (χ3v) is 5.28. The highest BCUT2D eigenvalue weighted by molar-refractivity contribution is 7.98. The molecule has 1 N–H and O–H groups in total. The summed E-state index contributed by atoms with van der Waals surface area (Å²) in [5.74, 6) is -1.43. The van der Waals surface area contributed by atoms with Crippen molar-refractivity contribution in [2.45, 2.75) is 18.6 Å². The van der Waals surface area contributed by atoms with Crippen LogP contribution in [0.1, 0.15) is 23.0 Å². The van der Waals surface area contributed by atoms with Crippen molar-refractivity contribution < 1.29 is 18.4 Å². The minimum Gasteiger partial charge on any atom is -0.350 e. The number of halogens is 2. The molecule has 0 spiro atoms. The van der Waals surface area contributed by atoms with Crippen molar-refractivity contribution in [2.24, 2.45) is 0 Å². The number of hydrogen-bond acceptors (Lipinski definition) is 4. The smallest absolute Gasteiger partial charge is 0.272 e. The molecule has 0 aliphatic heterocycles. The van der Waals surface area contributed by atoms with Crippen LogP contribution in [0.3, 0.4) is 0 Å². The molecule has 0 unspecified atom stereocenters. The summed E-state index contributed by atoms with van der Waals surface area (Å²) >= 11 is 1.35. The molecule has 3 aromatic rings. The fourth-order valence-electron chi connectivity index (χ4n) is 2.99. The van der Waals surface area contributed by atoms with Gasteiger partial charge in [-0.3, -0.25) is 14.2 Å². The lowest BCUT2D eigenvalue weighted by Crippen LogP contribution is -2.41. The van der Waals surface area contributed by atoms with E-state index in [4.69, 9.17) is 0 Å². The minimum absolute atomic E-state index is 0.139. The second-order valence-electron chi connectivity index (χ2n) is 6.66. The average Bonchev–Trinajstić information content (AvgIpc) is 3.21. The molecule has 1 aromatic heterocycles. The monoisotopic (exact) mass is 444 g/mol. The number of thioether (sulfide) groups is 1. The zero-order valence-corrected chi connectivity index (χ0v) is 18.0. The van der Waals surface area contributed by atoms with Gasteiger partial charge in [-0.2, -0.15) is 0 Å². The van der Waals surface area contributed by atoms with Crippen LogP contribution in [0.25, 0.3) is 5.69 Å². The number of nitrogens with one attached hydrogen (secondary N) is 1. The highest BCUT2D eigenvalue weighted by Gasteiger charge is 2.23. The fraction of sp³-hybridized carbons (Fsp3) is 0.227. The molecule has 6 nitrogen and oxygen atoms in total. The van der Waals surface area contributed by atoms with Gasteiger partial charge in [0, 0.05) is 18.8 Å². The molecule has 0 aliphatic carbocycles. The first-order valence-corrected chi connectivity index (χ1v) is 10.8. The molecule has 0 atom stereocenters. The molecule has 0 saturated heterocycles. The van der Waals surface area contributed by atoms with Crippen LogP contribution in [0.5, 0.6) is 0 Å². The lowest BCUT2D eigenvalue weighted by molar-refractivity contribution is -0.121. The van der Waals surface area contributed by atoms with Gasteiger partial charge < -0.3 is 10.2 Å². The van der Waals surface area contributed by atoms with Gasteiger partial charge in [-0.15, -0.1) is 0 Å². The first kappa shape index (κ1) is 22.5. The summed E-state index contributed by atoms with van der Waals surface area (Å²) in [5.41, 5.74) is 1.63. The molecule has 0 fully saturated rings. The molecular formula is C22H22F2N4O2S. The number of carbonyl (C=O) groups excluding carboxylic acids is 2. The number of hydrogen-bond donors (Lipinski definition) is 1. The number of aromatic nitrogens is 2. The Morgan fingerprint density at radius 3 is 2.26 bits per heavy atom. The van der Waals surface area contributed by atoms with E-state index < -0.39 is 0 Å². The topological polar surface area (TPSA) is 67.2 Å². The first-order valence-electron chi connectivity index (χ1n) is 9.61. The van der Waals surface area contributed by atoms with Gasteiger partial charge in [-0.1, -0.05) is 23.9 Å². The zero-order valence-electron chi connectivity index (χ0n) is 17.1. The molecule has 0 bridgehead atoms. The van der Waals surface area contributed by atoms with Crippen molar-refractivity contribution in [2.75, 3.05) is 19.3 Å². The molecule has 2 amide bonds. The lowest BCUT2D eigenvalue weighted by atomic mass is 10.2. The Morgan fingerprint density at radius 2 is 1.68 bits per heavy atom. The van der Waals surface area contributed by atoms with E-state index >= 15 is 0 Å². The Balaban J connectivity index is 1.74. The van der Waals surface area contributed by atoms with Crippen LogP contribution in [0.15, 0.2) is 59.9 Å². The molecular weight excluding hydrogens is 422 g/mol. The van der Waals surface area contributed by atoms with E-state index in [0.717, 1.165) is 5.56 Å². The average molecular weight is 445 g/mol. The SMILES string of the molecule is CCN(CC(=O)NCc1ccc(F)cc1)C(=O)c1cnc(SC)n1-c1ccc(F)cc1. The Hall–Kier alpha value is -3.20. The summed E-state index contributed by atoms with van der Waals surface area (Å²) in [5, 5.41) is 3.31. The summed E-state index contributed by atoms with van der Waals surface area (Å²) in [6.07, 6.45) is 3.29. The molecule has 2 aromatic carbocycles. The molecule has 162 valence electrons. The molecule has 0 saturated carbocycles. The van der Waals surface area contributed by atoms with Gasteiger partial charge in [-0.05, 0) is 55.1 Å². The summed E-state index contributed by atoms with van der Waals surface area (Å²) in [6.45, 7) is 2.18. The molecule has 0 radical (unpaired) electrons. The van der Waals surface area contributed by atoms with Crippen LogP contribution in [-0.2, 0) is 11.3 Å². The Kier molecular flexibility index (Phi) is 7.41. The minimum atomic E-state index is -0.379. The Morgan fingerprint density at radius 1 is 1.06 bits per heavy atom. The maximum atomic E-state index is 13.3. The van der Waals surface area contributed by atoms with Gasteiger partial charge in [0.15, 0.2) is 5.16 Å². The zero-order chi connectivity index (χ0) is 22.4. The van der Waals surface area contributed by atoms with Gasteiger partial charge in [-0.25, -0.2) is 13.8 Å². The van der Waals surface area contributed by atoms with Crippen LogP contribution in [0, 0.1) is 11.6 Å². The number of nitrogens with zero attached hydrogens (tertiary/aromatic N) is 3. The van der Waals surface area contributed by atoms with E-state index in [9.17, 15) is 18.4 Å². The van der Waals surface area contributed by atoms with Crippen LogP contribution < -0.4 is 5.32 Å². The molecule has 9 heteroatoms. The fourth-order valence-corrected chi connectivity index (χ4v) is 3.54. The van der Waals surface area contributed by atoms with Gasteiger partial charge in [0.1, 0.15) is 17.3 Å². The second kappa shape index (κ2) is 10.2. The third kappa shape index (κ3) is 5.49. The van der Waals surface area contributed by atoms with Crippen LogP contribution in [-0.4, -0.2) is 45.6 Å². The predicted molar refractivity (Wildman–Crippen MR) is 115 cm³/mol. The number of imidazole rings is 1. The van der Waals surface area contributed by atoms with Gasteiger partial charge in [0.25, 0.3) is 5.91 Å². The van der Waals surface area contributed by atoms with E-state index in [-0.39, 0.29) is 42.2 Å². The van der Waals surface area contributed by atoms with Crippen molar-refractivity contribution in [3.8, 4) is 5.69 Å². The first-order chi connectivity index (χ1) is 14.9. The van der Waals surface area contributed by atoms with E-state index in [0.29, 0.717) is 17.4 Å². The van der Waals surface area contributed by atoms with Gasteiger partial charge in [0.05, 0.1) is 12.7 Å². The van der Waals surface area contributed by atoms with Crippen LogP contribution >= 0.6 is 11.8 Å². The number of carbonyl (C=O) groups is 2. The third-order valence-electron chi connectivity index (χ3n) is 4.62. The number of likely N-dealkylation sites (N-methyl/N-ethyl adjacent to an activating group) is 1. The van der Waals surface area contributed by atoms with Crippen molar-refractivity contribution >= 4 is 23.6 Å². The molecule has 0 aliphatic rings. The van der Waals surface area contributed by atoms with Crippen molar-refractivity contribution in [3.05, 3.63) is 77.6 Å². The van der Waals surface area contributed by atoms with Crippen LogP contribution in [0.4, 0.5) is 8.78 Å². The number of benzene rings is 2. The summed E-state index contributed by atoms with van der Waals surface area (Å²) < 4.78 is 28.0. The molecule has 1 heterocycles. The second-order valence-corrected chi connectivity index (χ2v) is 7.44. The van der Waals surface area contributed by atoms with E-state index in [1.54, 1.807) is 35.8 Å². The standard InChI is InChI=1S/C22H22F2N4O2S/c1-3-27(14-20(29)25-12-15-4-6-16(23)7-5-15)21(30)19-13-26-22(31-2)28(19)18-10-8-17(24)9-11-18/h4-11,13H,3,12,14H2,1-2H3,(H,25,29). The van der Waals surface area contributed by atoms with Crippen molar-refractivity contribution in [1.82, 2.24) is 19.8 Å². The van der Waals surface area contributed by atoms with E-state index in [1.165, 1.54) is 47.1 Å². The normalized spacial score (nSPS) is 10.7. The lowest BCUT2D eigenvalue weighted by Gasteiger charge is -2.21. The highest BCUT2D eigenvalue weighted by Crippen LogP contribution is 2.23. The van der Waals surface area contributed by atoms with Gasteiger partial charge >= 0.3 is 0 Å². The molecule has 3 rings (SSSR count). The van der Waals surface area contributed by atoms with Crippen LogP contribution in [0.2, 0.25) is 0 Å². The van der Waals surface area contributed by atoms with Crippen molar-refractivity contribution in [1.29, 1.82) is 0 Å². The van der Waals surface area contributed by atoms with Gasteiger partial charge in [0.2, 0.25) is 5.91 Å². The number of amides is 2. The number of rotatable bonds is 8. The summed E-state index contributed by atoms with van der Waals surface area (Å²) in [6, 6.07) is 11.6.